The van der Waals surface area contributed by atoms with E-state index in [1.54, 1.807) is 0 Å². The van der Waals surface area contributed by atoms with Gasteiger partial charge in [-0.25, -0.2) is 0 Å². The number of hydrogen-bond acceptors (Lipinski definition) is 1. The first-order valence-corrected chi connectivity index (χ1v) is 7.54. The molecule has 0 amide bonds. The molecule has 0 aliphatic carbocycles. The van der Waals surface area contributed by atoms with Gasteiger partial charge in [0.15, 0.2) is 0 Å². The molecule has 0 saturated carbocycles. The lowest BCUT2D eigenvalue weighted by molar-refractivity contribution is 0.460. The van der Waals surface area contributed by atoms with E-state index in [0.29, 0.717) is 12.0 Å². The molecule has 0 spiro atoms. The first-order chi connectivity index (χ1) is 9.65. The molecule has 2 unspecified atom stereocenters. The molecule has 1 nitrogen and oxygen atoms in total. The van der Waals surface area contributed by atoms with Crippen molar-refractivity contribution in [2.75, 3.05) is 5.32 Å². The lowest BCUT2D eigenvalue weighted by Crippen LogP contribution is -2.35. The topological polar surface area (TPSA) is 12.0 Å². The van der Waals surface area contributed by atoms with Crippen molar-refractivity contribution in [1.82, 2.24) is 0 Å². The molecule has 0 radical (unpaired) electrons. The Balaban J connectivity index is 1.85. The van der Waals surface area contributed by atoms with Crippen LogP contribution in [0.4, 0.5) is 5.69 Å². The van der Waals surface area contributed by atoms with E-state index in [1.165, 1.54) is 34.4 Å². The van der Waals surface area contributed by atoms with Crippen LogP contribution in [0.1, 0.15) is 29.2 Å². The van der Waals surface area contributed by atoms with Gasteiger partial charge in [-0.1, -0.05) is 43.3 Å². The third-order valence-corrected chi connectivity index (χ3v) is 4.66. The molecule has 0 saturated heterocycles. The molecule has 0 aromatic heterocycles. The molecular formula is C19H23N. The Hall–Kier alpha value is -1.76. The molecule has 2 aromatic carbocycles. The van der Waals surface area contributed by atoms with Crippen molar-refractivity contribution < 1.29 is 0 Å². The van der Waals surface area contributed by atoms with Gasteiger partial charge in [0, 0.05) is 11.7 Å². The third-order valence-electron chi connectivity index (χ3n) is 4.66. The van der Waals surface area contributed by atoms with Gasteiger partial charge in [0.1, 0.15) is 0 Å². The van der Waals surface area contributed by atoms with E-state index in [0.717, 1.165) is 6.42 Å². The second-order valence-electron chi connectivity index (χ2n) is 6.16. The summed E-state index contributed by atoms with van der Waals surface area (Å²) in [7, 11) is 0. The first kappa shape index (κ1) is 13.2. The minimum absolute atomic E-state index is 0.532. The molecule has 1 aliphatic heterocycles. The van der Waals surface area contributed by atoms with Gasteiger partial charge in [0.25, 0.3) is 0 Å². The van der Waals surface area contributed by atoms with Crippen molar-refractivity contribution in [3.05, 3.63) is 64.7 Å². The standard InChI is InChI=1S/C19H23N/c1-13-7-6-8-14(2)17(13)12-19-15(3)11-16-9-4-5-10-18(16)20-19/h4-10,15,19-20H,11-12H2,1-3H3. The predicted octanol–water partition coefficient (Wildman–Crippen LogP) is 4.52. The van der Waals surface area contributed by atoms with Gasteiger partial charge < -0.3 is 5.32 Å². The molecule has 1 N–H and O–H groups in total. The highest BCUT2D eigenvalue weighted by Gasteiger charge is 2.25. The molecule has 1 heteroatoms. The van der Waals surface area contributed by atoms with E-state index in [2.05, 4.69) is 68.6 Å². The third kappa shape index (κ3) is 2.45. The van der Waals surface area contributed by atoms with E-state index in [-0.39, 0.29) is 0 Å². The summed E-state index contributed by atoms with van der Waals surface area (Å²) in [6, 6.07) is 15.9. The number of fused-ring (bicyclic) bond motifs is 1. The van der Waals surface area contributed by atoms with Crippen LogP contribution in [0.2, 0.25) is 0 Å². The summed E-state index contributed by atoms with van der Waals surface area (Å²) in [4.78, 5) is 0. The van der Waals surface area contributed by atoms with E-state index in [9.17, 15) is 0 Å². The zero-order valence-electron chi connectivity index (χ0n) is 12.6. The largest absolute Gasteiger partial charge is 0.381 e. The molecule has 1 heterocycles. The van der Waals surface area contributed by atoms with Crippen LogP contribution in [-0.2, 0) is 12.8 Å². The van der Waals surface area contributed by atoms with E-state index in [4.69, 9.17) is 0 Å². The SMILES string of the molecule is Cc1cccc(C)c1CC1Nc2ccccc2CC1C. The van der Waals surface area contributed by atoms with Crippen LogP contribution in [0.3, 0.4) is 0 Å². The van der Waals surface area contributed by atoms with Gasteiger partial charge in [0.2, 0.25) is 0 Å². The fourth-order valence-electron chi connectivity index (χ4n) is 3.31. The fourth-order valence-corrected chi connectivity index (χ4v) is 3.31. The van der Waals surface area contributed by atoms with Crippen molar-refractivity contribution in [1.29, 1.82) is 0 Å². The predicted molar refractivity (Wildman–Crippen MR) is 86.3 cm³/mol. The Morgan fingerprint density at radius 3 is 2.45 bits per heavy atom. The van der Waals surface area contributed by atoms with Gasteiger partial charge >= 0.3 is 0 Å². The van der Waals surface area contributed by atoms with Gasteiger partial charge in [-0.05, 0) is 60.9 Å². The van der Waals surface area contributed by atoms with Crippen molar-refractivity contribution in [3.8, 4) is 0 Å². The minimum Gasteiger partial charge on any atom is -0.381 e. The first-order valence-electron chi connectivity index (χ1n) is 7.54. The maximum atomic E-state index is 3.75. The quantitative estimate of drug-likeness (QED) is 0.842. The lowest BCUT2D eigenvalue weighted by Gasteiger charge is -2.33. The smallest absolute Gasteiger partial charge is 0.0375 e. The van der Waals surface area contributed by atoms with E-state index in [1.807, 2.05) is 0 Å². The van der Waals surface area contributed by atoms with Gasteiger partial charge in [0.05, 0.1) is 0 Å². The molecular weight excluding hydrogens is 242 g/mol. The van der Waals surface area contributed by atoms with E-state index >= 15 is 0 Å². The van der Waals surface area contributed by atoms with Crippen LogP contribution in [0.5, 0.6) is 0 Å². The summed E-state index contributed by atoms with van der Waals surface area (Å²) in [5, 5.41) is 3.75. The van der Waals surface area contributed by atoms with Crippen molar-refractivity contribution in [2.24, 2.45) is 5.92 Å². The fraction of sp³-hybridized carbons (Fsp3) is 0.368. The number of para-hydroxylation sites is 1. The van der Waals surface area contributed by atoms with Crippen molar-refractivity contribution >= 4 is 5.69 Å². The molecule has 1 aliphatic rings. The number of aryl methyl sites for hydroxylation is 2. The van der Waals surface area contributed by atoms with E-state index < -0.39 is 0 Å². The molecule has 0 bridgehead atoms. The molecule has 104 valence electrons. The molecule has 3 rings (SSSR count). The van der Waals surface area contributed by atoms with Crippen molar-refractivity contribution in [3.63, 3.8) is 0 Å². The molecule has 2 atom stereocenters. The zero-order chi connectivity index (χ0) is 14.1. The highest BCUT2D eigenvalue weighted by atomic mass is 14.9. The maximum Gasteiger partial charge on any atom is 0.0375 e. The van der Waals surface area contributed by atoms with Gasteiger partial charge in [-0.3, -0.25) is 0 Å². The Morgan fingerprint density at radius 1 is 1.00 bits per heavy atom. The van der Waals surface area contributed by atoms with Crippen LogP contribution in [0.25, 0.3) is 0 Å². The Labute approximate surface area is 122 Å². The maximum absolute atomic E-state index is 3.75. The molecule has 0 fully saturated rings. The van der Waals surface area contributed by atoms with Crippen molar-refractivity contribution in [2.45, 2.75) is 39.7 Å². The number of benzene rings is 2. The van der Waals surface area contributed by atoms with Gasteiger partial charge in [-0.15, -0.1) is 0 Å². The summed E-state index contributed by atoms with van der Waals surface area (Å²) in [6.07, 6.45) is 2.30. The second-order valence-corrected chi connectivity index (χ2v) is 6.16. The normalized spacial score (nSPS) is 21.1. The summed E-state index contributed by atoms with van der Waals surface area (Å²) in [5.74, 6) is 0.670. The average molecular weight is 265 g/mol. The van der Waals surface area contributed by atoms with Crippen LogP contribution in [-0.4, -0.2) is 6.04 Å². The summed E-state index contributed by atoms with van der Waals surface area (Å²) in [6.45, 7) is 6.81. The molecule has 20 heavy (non-hydrogen) atoms. The summed E-state index contributed by atoms with van der Waals surface area (Å²) < 4.78 is 0. The minimum atomic E-state index is 0.532. The Bertz CT molecular complexity index is 595. The highest BCUT2D eigenvalue weighted by Crippen LogP contribution is 2.30. The second kappa shape index (κ2) is 5.32. The monoisotopic (exact) mass is 265 g/mol. The van der Waals surface area contributed by atoms with Crippen LogP contribution in [0.15, 0.2) is 42.5 Å². The van der Waals surface area contributed by atoms with Gasteiger partial charge in [-0.2, -0.15) is 0 Å². The number of hydrogen-bond donors (Lipinski definition) is 1. The van der Waals surface area contributed by atoms with Crippen LogP contribution < -0.4 is 5.32 Å². The summed E-state index contributed by atoms with van der Waals surface area (Å²) >= 11 is 0. The number of nitrogens with one attached hydrogen (secondary N) is 1. The summed E-state index contributed by atoms with van der Waals surface area (Å²) in [5.41, 5.74) is 7.12. The number of rotatable bonds is 2. The number of anilines is 1. The zero-order valence-corrected chi connectivity index (χ0v) is 12.6. The highest BCUT2D eigenvalue weighted by molar-refractivity contribution is 5.54. The lowest BCUT2D eigenvalue weighted by atomic mass is 9.84. The molecule has 2 aromatic rings. The van der Waals surface area contributed by atoms with Crippen LogP contribution >= 0.6 is 0 Å². The van der Waals surface area contributed by atoms with Crippen LogP contribution in [0, 0.1) is 19.8 Å². The Morgan fingerprint density at radius 2 is 1.70 bits per heavy atom. The average Bonchev–Trinajstić information content (AvgIpc) is 2.43. The Kier molecular flexibility index (Phi) is 3.52.